The predicted octanol–water partition coefficient (Wildman–Crippen LogP) is 2.31. The molecule has 4 heteroatoms. The van der Waals surface area contributed by atoms with Crippen LogP contribution in [0, 0.1) is 13.8 Å². The van der Waals surface area contributed by atoms with Gasteiger partial charge in [0, 0.05) is 18.0 Å². The Hall–Kier alpha value is -2.49. The smallest absolute Gasteiger partial charge is 0.253 e. The molecule has 4 nitrogen and oxygen atoms in total. The zero-order valence-electron chi connectivity index (χ0n) is 11.5. The Bertz CT molecular complexity index is 636. The Morgan fingerprint density at radius 2 is 1.90 bits per heavy atom. The molecule has 0 atom stereocenters. The second-order valence-corrected chi connectivity index (χ2v) is 4.65. The zero-order valence-corrected chi connectivity index (χ0v) is 11.5. The van der Waals surface area contributed by atoms with Crippen molar-refractivity contribution in [2.24, 2.45) is 0 Å². The molecule has 1 amide bonds. The van der Waals surface area contributed by atoms with Gasteiger partial charge in [-0.3, -0.25) is 14.6 Å². The Kier molecular flexibility index (Phi) is 4.25. The number of Topliss-reactive ketones (excluding diaryl/α,β-unsaturated/α-hetero) is 1. The van der Waals surface area contributed by atoms with E-state index in [9.17, 15) is 9.59 Å². The van der Waals surface area contributed by atoms with Crippen LogP contribution in [0.4, 0.5) is 0 Å². The van der Waals surface area contributed by atoms with Gasteiger partial charge in [0.1, 0.15) is 0 Å². The van der Waals surface area contributed by atoms with E-state index in [4.69, 9.17) is 0 Å². The van der Waals surface area contributed by atoms with Gasteiger partial charge in [-0.1, -0.05) is 12.1 Å². The van der Waals surface area contributed by atoms with Gasteiger partial charge < -0.3 is 5.32 Å². The van der Waals surface area contributed by atoms with Crippen molar-refractivity contribution in [3.63, 3.8) is 0 Å². The first kappa shape index (κ1) is 13.9. The number of pyridine rings is 1. The maximum Gasteiger partial charge on any atom is 0.253 e. The zero-order chi connectivity index (χ0) is 14.5. The molecule has 0 aliphatic carbocycles. The molecule has 0 radical (unpaired) electrons. The topological polar surface area (TPSA) is 59.1 Å². The summed E-state index contributed by atoms with van der Waals surface area (Å²) >= 11 is 0. The van der Waals surface area contributed by atoms with Crippen LogP contribution < -0.4 is 5.32 Å². The predicted molar refractivity (Wildman–Crippen MR) is 76.8 cm³/mol. The minimum Gasteiger partial charge on any atom is -0.345 e. The Morgan fingerprint density at radius 3 is 2.55 bits per heavy atom. The largest absolute Gasteiger partial charge is 0.345 e. The molecule has 0 fully saturated rings. The molecular weight excluding hydrogens is 252 g/mol. The molecule has 0 aliphatic rings. The van der Waals surface area contributed by atoms with Crippen molar-refractivity contribution in [1.29, 1.82) is 0 Å². The minimum absolute atomic E-state index is 0.0176. The highest BCUT2D eigenvalue weighted by molar-refractivity contribution is 6.02. The maximum absolute atomic E-state index is 12.0. The van der Waals surface area contributed by atoms with Crippen molar-refractivity contribution < 1.29 is 9.59 Å². The number of amides is 1. The van der Waals surface area contributed by atoms with Gasteiger partial charge in [0.05, 0.1) is 12.1 Å². The quantitative estimate of drug-likeness (QED) is 0.866. The van der Waals surface area contributed by atoms with Gasteiger partial charge in [0.25, 0.3) is 5.91 Å². The SMILES string of the molecule is Cc1ccc(C(=O)CNC(=O)c2cccnc2)cc1C. The summed E-state index contributed by atoms with van der Waals surface area (Å²) in [5.41, 5.74) is 3.26. The van der Waals surface area contributed by atoms with Crippen LogP contribution in [0.3, 0.4) is 0 Å². The monoisotopic (exact) mass is 268 g/mol. The van der Waals surface area contributed by atoms with Crippen LogP contribution in [0.25, 0.3) is 0 Å². The second kappa shape index (κ2) is 6.10. The number of aryl methyl sites for hydroxylation is 2. The van der Waals surface area contributed by atoms with E-state index < -0.39 is 0 Å². The Balaban J connectivity index is 1.98. The fourth-order valence-corrected chi connectivity index (χ4v) is 1.78. The summed E-state index contributed by atoms with van der Waals surface area (Å²) in [5, 5.41) is 2.60. The van der Waals surface area contributed by atoms with E-state index in [0.717, 1.165) is 11.1 Å². The number of hydrogen-bond acceptors (Lipinski definition) is 3. The normalized spacial score (nSPS) is 10.1. The van der Waals surface area contributed by atoms with E-state index in [0.29, 0.717) is 11.1 Å². The fourth-order valence-electron chi connectivity index (χ4n) is 1.78. The third-order valence-electron chi connectivity index (χ3n) is 3.16. The summed E-state index contributed by atoms with van der Waals surface area (Å²) in [6.45, 7) is 3.93. The van der Waals surface area contributed by atoms with E-state index in [1.807, 2.05) is 26.0 Å². The summed E-state index contributed by atoms with van der Waals surface area (Å²) < 4.78 is 0. The van der Waals surface area contributed by atoms with Gasteiger partial charge in [-0.15, -0.1) is 0 Å². The van der Waals surface area contributed by atoms with Crippen molar-refractivity contribution in [3.8, 4) is 0 Å². The molecule has 0 bridgehead atoms. The molecule has 0 aliphatic heterocycles. The number of carbonyl (C=O) groups excluding carboxylic acids is 2. The highest BCUT2D eigenvalue weighted by Crippen LogP contribution is 2.10. The molecule has 0 saturated heterocycles. The summed E-state index contributed by atoms with van der Waals surface area (Å²) in [6.07, 6.45) is 3.06. The van der Waals surface area contributed by atoms with Crippen LogP contribution in [0.15, 0.2) is 42.7 Å². The number of nitrogens with one attached hydrogen (secondary N) is 1. The number of ketones is 1. The highest BCUT2D eigenvalue weighted by Gasteiger charge is 2.10. The van der Waals surface area contributed by atoms with Crippen molar-refractivity contribution in [3.05, 3.63) is 65.0 Å². The Labute approximate surface area is 117 Å². The van der Waals surface area contributed by atoms with E-state index in [1.165, 1.54) is 6.20 Å². The van der Waals surface area contributed by atoms with Gasteiger partial charge in [0.15, 0.2) is 5.78 Å². The summed E-state index contributed by atoms with van der Waals surface area (Å²) in [6, 6.07) is 8.86. The first-order valence-electron chi connectivity index (χ1n) is 6.36. The Morgan fingerprint density at radius 1 is 1.10 bits per heavy atom. The number of nitrogens with zero attached hydrogens (tertiary/aromatic N) is 1. The van der Waals surface area contributed by atoms with Crippen molar-refractivity contribution >= 4 is 11.7 Å². The summed E-state index contributed by atoms with van der Waals surface area (Å²) in [7, 11) is 0. The number of benzene rings is 1. The van der Waals surface area contributed by atoms with Gasteiger partial charge in [-0.2, -0.15) is 0 Å². The lowest BCUT2D eigenvalue weighted by Crippen LogP contribution is -2.29. The minimum atomic E-state index is -0.296. The second-order valence-electron chi connectivity index (χ2n) is 4.65. The molecular formula is C16H16N2O2. The number of aromatic nitrogens is 1. The summed E-state index contributed by atoms with van der Waals surface area (Å²) in [5.74, 6) is -0.402. The van der Waals surface area contributed by atoms with E-state index in [-0.39, 0.29) is 18.2 Å². The van der Waals surface area contributed by atoms with E-state index in [2.05, 4.69) is 10.3 Å². The van der Waals surface area contributed by atoms with Gasteiger partial charge >= 0.3 is 0 Å². The van der Waals surface area contributed by atoms with E-state index in [1.54, 1.807) is 24.4 Å². The third-order valence-corrected chi connectivity index (χ3v) is 3.16. The lowest BCUT2D eigenvalue weighted by Gasteiger charge is -2.06. The standard InChI is InChI=1S/C16H16N2O2/c1-11-5-6-13(8-12(11)2)15(19)10-18-16(20)14-4-3-7-17-9-14/h3-9H,10H2,1-2H3,(H,18,20). The number of rotatable bonds is 4. The third kappa shape index (κ3) is 3.29. The highest BCUT2D eigenvalue weighted by atomic mass is 16.2. The van der Waals surface area contributed by atoms with Crippen molar-refractivity contribution in [2.75, 3.05) is 6.54 Å². The fraction of sp³-hybridized carbons (Fsp3) is 0.188. The average Bonchev–Trinajstić information content (AvgIpc) is 2.48. The lowest BCUT2D eigenvalue weighted by atomic mass is 10.0. The van der Waals surface area contributed by atoms with Crippen molar-refractivity contribution in [1.82, 2.24) is 10.3 Å². The first-order valence-corrected chi connectivity index (χ1v) is 6.36. The van der Waals surface area contributed by atoms with Crippen molar-refractivity contribution in [2.45, 2.75) is 13.8 Å². The molecule has 1 aromatic carbocycles. The molecule has 1 aromatic heterocycles. The van der Waals surface area contributed by atoms with Crippen LogP contribution in [0.2, 0.25) is 0 Å². The molecule has 102 valence electrons. The van der Waals surface area contributed by atoms with Crippen LogP contribution in [-0.2, 0) is 0 Å². The maximum atomic E-state index is 12.0. The van der Waals surface area contributed by atoms with Crippen LogP contribution >= 0.6 is 0 Å². The molecule has 1 heterocycles. The molecule has 0 spiro atoms. The molecule has 2 rings (SSSR count). The summed E-state index contributed by atoms with van der Waals surface area (Å²) in [4.78, 5) is 27.7. The van der Waals surface area contributed by atoms with Crippen LogP contribution in [0.1, 0.15) is 31.8 Å². The lowest BCUT2D eigenvalue weighted by molar-refractivity contribution is 0.0904. The van der Waals surface area contributed by atoms with Crippen LogP contribution in [0.5, 0.6) is 0 Å². The first-order chi connectivity index (χ1) is 9.58. The van der Waals surface area contributed by atoms with Gasteiger partial charge in [0.2, 0.25) is 0 Å². The molecule has 0 unspecified atom stereocenters. The molecule has 20 heavy (non-hydrogen) atoms. The van der Waals surface area contributed by atoms with Crippen LogP contribution in [-0.4, -0.2) is 23.2 Å². The van der Waals surface area contributed by atoms with E-state index >= 15 is 0 Å². The molecule has 1 N–H and O–H groups in total. The van der Waals surface area contributed by atoms with Gasteiger partial charge in [-0.05, 0) is 43.2 Å². The average molecular weight is 268 g/mol. The van der Waals surface area contributed by atoms with Gasteiger partial charge in [-0.25, -0.2) is 0 Å². The molecule has 0 saturated carbocycles. The number of hydrogen-bond donors (Lipinski definition) is 1. The molecule has 2 aromatic rings. The number of carbonyl (C=O) groups is 2.